The van der Waals surface area contributed by atoms with Crippen LogP contribution in [-0.4, -0.2) is 63.6 Å². The van der Waals surface area contributed by atoms with Crippen LogP contribution in [0.4, 0.5) is 0 Å². The maximum Gasteiger partial charge on any atom is 0.193 e. The van der Waals surface area contributed by atoms with Crippen LogP contribution >= 0.6 is 0 Å². The number of aliphatic imine (C=N–C) groups is 1. The van der Waals surface area contributed by atoms with Gasteiger partial charge in [-0.15, -0.1) is 0 Å². The highest BCUT2D eigenvalue weighted by atomic mass is 16.5. The molecule has 0 heterocycles. The first-order valence-corrected chi connectivity index (χ1v) is 9.85. The lowest BCUT2D eigenvalue weighted by Crippen LogP contribution is -2.38. The van der Waals surface area contributed by atoms with Gasteiger partial charge in [0.15, 0.2) is 5.96 Å². The Balaban J connectivity index is 2.23. The van der Waals surface area contributed by atoms with Crippen molar-refractivity contribution in [2.75, 3.05) is 47.9 Å². The van der Waals surface area contributed by atoms with Crippen LogP contribution in [0.1, 0.15) is 44.6 Å². The van der Waals surface area contributed by atoms with Gasteiger partial charge in [-0.1, -0.05) is 31.4 Å². The van der Waals surface area contributed by atoms with Crippen LogP contribution in [-0.2, 0) is 6.54 Å². The minimum Gasteiger partial charge on any atom is -0.494 e. The van der Waals surface area contributed by atoms with Gasteiger partial charge >= 0.3 is 0 Å². The second kappa shape index (κ2) is 13.5. The second-order valence-electron chi connectivity index (χ2n) is 6.98. The van der Waals surface area contributed by atoms with Crippen LogP contribution in [0.2, 0.25) is 0 Å². The third kappa shape index (κ3) is 9.66. The van der Waals surface area contributed by atoms with Crippen LogP contribution in [0.25, 0.3) is 0 Å². The van der Waals surface area contributed by atoms with Crippen LogP contribution in [0, 0.1) is 0 Å². The first-order chi connectivity index (χ1) is 12.6. The molecule has 0 saturated carbocycles. The fourth-order valence-electron chi connectivity index (χ4n) is 2.87. The molecule has 0 aliphatic carbocycles. The van der Waals surface area contributed by atoms with E-state index >= 15 is 0 Å². The topological polar surface area (TPSA) is 40.1 Å². The third-order valence-corrected chi connectivity index (χ3v) is 4.29. The molecule has 0 saturated heterocycles. The molecule has 1 aromatic rings. The van der Waals surface area contributed by atoms with E-state index in [4.69, 9.17) is 4.74 Å². The summed E-state index contributed by atoms with van der Waals surface area (Å²) >= 11 is 0. The van der Waals surface area contributed by atoms with Crippen molar-refractivity contribution in [3.8, 4) is 5.75 Å². The number of ether oxygens (including phenoxy) is 1. The van der Waals surface area contributed by atoms with Gasteiger partial charge in [-0.3, -0.25) is 4.99 Å². The van der Waals surface area contributed by atoms with Gasteiger partial charge in [-0.05, 0) is 58.1 Å². The summed E-state index contributed by atoms with van der Waals surface area (Å²) in [5.74, 6) is 1.87. The SMILES string of the molecule is CCOc1ccc(CN(C)C(=NC)NCCCCCCCN(C)C)cc1. The average molecular weight is 363 g/mol. The molecule has 0 radical (unpaired) electrons. The summed E-state index contributed by atoms with van der Waals surface area (Å²) in [7, 11) is 8.20. The van der Waals surface area contributed by atoms with E-state index in [0.29, 0.717) is 6.61 Å². The van der Waals surface area contributed by atoms with Crippen molar-refractivity contribution in [3.05, 3.63) is 29.8 Å². The van der Waals surface area contributed by atoms with Crippen molar-refractivity contribution in [2.24, 2.45) is 4.99 Å². The van der Waals surface area contributed by atoms with Gasteiger partial charge in [-0.25, -0.2) is 0 Å². The number of guanidine groups is 1. The molecule has 1 rings (SSSR count). The standard InChI is InChI=1S/C21H38N4O/c1-6-26-20-14-12-19(13-15-20)18-25(5)21(22-2)23-16-10-8-7-9-11-17-24(3)4/h12-15H,6-11,16-18H2,1-5H3,(H,22,23). The largest absolute Gasteiger partial charge is 0.494 e. The minimum absolute atomic E-state index is 0.700. The van der Waals surface area contributed by atoms with Gasteiger partial charge in [0.05, 0.1) is 6.61 Å². The van der Waals surface area contributed by atoms with Crippen LogP contribution in [0.15, 0.2) is 29.3 Å². The molecule has 0 bridgehead atoms. The monoisotopic (exact) mass is 362 g/mol. The predicted molar refractivity (Wildman–Crippen MR) is 112 cm³/mol. The minimum atomic E-state index is 0.700. The molecule has 0 aliphatic rings. The number of hydrogen-bond acceptors (Lipinski definition) is 3. The Labute approximate surface area is 160 Å². The lowest BCUT2D eigenvalue weighted by Gasteiger charge is -2.22. The first-order valence-electron chi connectivity index (χ1n) is 9.85. The number of benzene rings is 1. The Hall–Kier alpha value is -1.75. The molecule has 1 N–H and O–H groups in total. The Bertz CT molecular complexity index is 499. The Kier molecular flexibility index (Phi) is 11.5. The van der Waals surface area contributed by atoms with Crippen molar-refractivity contribution in [3.63, 3.8) is 0 Å². The van der Waals surface area contributed by atoms with Crippen molar-refractivity contribution in [1.82, 2.24) is 15.1 Å². The van der Waals surface area contributed by atoms with Crippen molar-refractivity contribution in [2.45, 2.75) is 45.6 Å². The number of nitrogens with zero attached hydrogens (tertiary/aromatic N) is 3. The maximum absolute atomic E-state index is 5.49. The van der Waals surface area contributed by atoms with Gasteiger partial charge in [0.1, 0.15) is 5.75 Å². The molecule has 0 spiro atoms. The highest BCUT2D eigenvalue weighted by molar-refractivity contribution is 5.79. The van der Waals surface area contributed by atoms with Crippen LogP contribution < -0.4 is 10.1 Å². The molecule has 0 fully saturated rings. The lowest BCUT2D eigenvalue weighted by atomic mass is 10.1. The summed E-state index contributed by atoms with van der Waals surface area (Å²) in [4.78, 5) is 8.81. The fourth-order valence-corrected chi connectivity index (χ4v) is 2.87. The molecule has 26 heavy (non-hydrogen) atoms. The van der Waals surface area contributed by atoms with Gasteiger partial charge in [0, 0.05) is 27.2 Å². The average Bonchev–Trinajstić information content (AvgIpc) is 2.62. The molecule has 148 valence electrons. The first kappa shape index (κ1) is 22.3. The molecule has 0 aromatic heterocycles. The van der Waals surface area contributed by atoms with E-state index in [1.54, 1.807) is 0 Å². The van der Waals surface area contributed by atoms with Gasteiger partial charge < -0.3 is 19.9 Å². The van der Waals surface area contributed by atoms with Crippen molar-refractivity contribution in [1.29, 1.82) is 0 Å². The molecule has 5 heteroatoms. The Morgan fingerprint density at radius 1 is 1.00 bits per heavy atom. The van der Waals surface area contributed by atoms with E-state index in [1.807, 2.05) is 26.1 Å². The van der Waals surface area contributed by atoms with E-state index in [9.17, 15) is 0 Å². The van der Waals surface area contributed by atoms with E-state index in [2.05, 4.69) is 53.4 Å². The summed E-state index contributed by atoms with van der Waals surface area (Å²) in [5, 5.41) is 3.47. The zero-order chi connectivity index (χ0) is 19.2. The molecule has 1 aromatic carbocycles. The molecular weight excluding hydrogens is 324 g/mol. The number of rotatable bonds is 12. The number of nitrogens with one attached hydrogen (secondary N) is 1. The molecule has 0 unspecified atom stereocenters. The highest BCUT2D eigenvalue weighted by Crippen LogP contribution is 2.13. The van der Waals surface area contributed by atoms with Crippen LogP contribution in [0.3, 0.4) is 0 Å². The summed E-state index contributed by atoms with van der Waals surface area (Å²) in [6, 6.07) is 8.28. The molecule has 5 nitrogen and oxygen atoms in total. The van der Waals surface area contributed by atoms with Gasteiger partial charge in [0.2, 0.25) is 0 Å². The summed E-state index contributed by atoms with van der Waals surface area (Å²) in [5.41, 5.74) is 1.25. The normalized spacial score (nSPS) is 11.7. The lowest BCUT2D eigenvalue weighted by molar-refractivity contribution is 0.340. The second-order valence-corrected chi connectivity index (χ2v) is 6.98. The quantitative estimate of drug-likeness (QED) is 0.350. The summed E-state index contributed by atoms with van der Waals surface area (Å²) in [6.45, 7) is 5.71. The predicted octanol–water partition coefficient (Wildman–Crippen LogP) is 3.60. The van der Waals surface area contributed by atoms with E-state index < -0.39 is 0 Å². The third-order valence-electron chi connectivity index (χ3n) is 4.29. The van der Waals surface area contributed by atoms with Gasteiger partial charge in [0.25, 0.3) is 0 Å². The van der Waals surface area contributed by atoms with Crippen LogP contribution in [0.5, 0.6) is 5.75 Å². The molecule has 0 aliphatic heterocycles. The van der Waals surface area contributed by atoms with E-state index in [-0.39, 0.29) is 0 Å². The van der Waals surface area contributed by atoms with E-state index in [0.717, 1.165) is 24.8 Å². The zero-order valence-electron chi connectivity index (χ0n) is 17.4. The van der Waals surface area contributed by atoms with Gasteiger partial charge in [-0.2, -0.15) is 0 Å². The van der Waals surface area contributed by atoms with E-state index in [1.165, 1.54) is 44.2 Å². The Morgan fingerprint density at radius 3 is 2.27 bits per heavy atom. The molecule has 0 atom stereocenters. The number of hydrogen-bond donors (Lipinski definition) is 1. The zero-order valence-corrected chi connectivity index (χ0v) is 17.4. The summed E-state index contributed by atoms with van der Waals surface area (Å²) in [6.07, 6.45) is 6.41. The summed E-state index contributed by atoms with van der Waals surface area (Å²) < 4.78 is 5.49. The Morgan fingerprint density at radius 2 is 1.65 bits per heavy atom. The maximum atomic E-state index is 5.49. The van der Waals surface area contributed by atoms with Crippen molar-refractivity contribution >= 4 is 5.96 Å². The van der Waals surface area contributed by atoms with Crippen molar-refractivity contribution < 1.29 is 4.74 Å². The highest BCUT2D eigenvalue weighted by Gasteiger charge is 2.06. The smallest absolute Gasteiger partial charge is 0.193 e. The molecule has 0 amide bonds. The molecular formula is C21H38N4O. The fraction of sp³-hybridized carbons (Fsp3) is 0.667. The number of unbranched alkanes of at least 4 members (excludes halogenated alkanes) is 4.